The van der Waals surface area contributed by atoms with Gasteiger partial charge in [0.05, 0.1) is 10.7 Å². The van der Waals surface area contributed by atoms with Crippen molar-refractivity contribution in [2.75, 3.05) is 5.75 Å². The summed E-state index contributed by atoms with van der Waals surface area (Å²) in [5.41, 5.74) is 0. The maximum Gasteiger partial charge on any atom is 0.181 e. The molecule has 9 heavy (non-hydrogen) atoms. The topological polar surface area (TPSA) is 46.5 Å². The molecule has 0 amide bonds. The van der Waals surface area contributed by atoms with Gasteiger partial charge in [0.2, 0.25) is 0 Å². The van der Waals surface area contributed by atoms with E-state index in [4.69, 9.17) is 0 Å². The zero-order valence-corrected chi connectivity index (χ0v) is 5.77. The Bertz CT molecular complexity index is 261. The minimum atomic E-state index is -3.01. The summed E-state index contributed by atoms with van der Waals surface area (Å²) in [6, 6.07) is 0. The third-order valence-electron chi connectivity index (χ3n) is 1.07. The summed E-state index contributed by atoms with van der Waals surface area (Å²) in [7, 11) is -3.01. The lowest BCUT2D eigenvalue weighted by Crippen LogP contribution is -2.11. The van der Waals surface area contributed by atoms with Gasteiger partial charge in [0.1, 0.15) is 6.20 Å². The normalized spacial score (nSPS) is 23.4. The van der Waals surface area contributed by atoms with E-state index in [-0.39, 0.29) is 10.7 Å². The molecule has 49 valence electrons. The summed E-state index contributed by atoms with van der Waals surface area (Å²) < 4.78 is 21.6. The predicted molar refractivity (Wildman–Crippen MR) is 34.7 cm³/mol. The molecule has 0 fully saturated rings. The third-order valence-corrected chi connectivity index (χ3v) is 2.69. The van der Waals surface area contributed by atoms with Crippen LogP contribution in [0.4, 0.5) is 0 Å². The van der Waals surface area contributed by atoms with Crippen LogP contribution in [0.1, 0.15) is 6.92 Å². The number of aliphatic imine (C=N–C) groups is 1. The maximum absolute atomic E-state index is 10.8. The van der Waals surface area contributed by atoms with E-state index in [0.717, 1.165) is 0 Å². The smallest absolute Gasteiger partial charge is 0.181 e. The van der Waals surface area contributed by atoms with Gasteiger partial charge in [-0.05, 0) is 6.92 Å². The molecule has 0 aromatic heterocycles. The summed E-state index contributed by atoms with van der Waals surface area (Å²) in [4.78, 5) is 3.79. The van der Waals surface area contributed by atoms with Crippen LogP contribution in [0.15, 0.2) is 9.90 Å². The van der Waals surface area contributed by atoms with Crippen molar-refractivity contribution in [3.63, 3.8) is 0 Å². The Kier molecular flexibility index (Phi) is 1.40. The molecular formula is C5H6NO2S. The summed E-state index contributed by atoms with van der Waals surface area (Å²) in [5, 5.41) is 0. The number of allylic oxidation sites excluding steroid dienone is 1. The number of nitrogens with zero attached hydrogens (tertiary/aromatic N) is 1. The van der Waals surface area contributed by atoms with Crippen LogP contribution in [-0.4, -0.2) is 20.4 Å². The van der Waals surface area contributed by atoms with Gasteiger partial charge in [0.15, 0.2) is 9.84 Å². The first-order chi connectivity index (χ1) is 4.13. The first-order valence-electron chi connectivity index (χ1n) is 2.47. The van der Waals surface area contributed by atoms with Gasteiger partial charge in [-0.2, -0.15) is 0 Å². The Morgan fingerprint density at radius 3 is 2.78 bits per heavy atom. The van der Waals surface area contributed by atoms with Crippen LogP contribution < -0.4 is 0 Å². The largest absolute Gasteiger partial charge is 0.257 e. The summed E-state index contributed by atoms with van der Waals surface area (Å²) in [6.07, 6.45) is 3.71. The molecule has 1 aliphatic rings. The van der Waals surface area contributed by atoms with Crippen LogP contribution >= 0.6 is 0 Å². The van der Waals surface area contributed by atoms with E-state index in [1.165, 1.54) is 13.1 Å². The van der Waals surface area contributed by atoms with Gasteiger partial charge < -0.3 is 0 Å². The Balaban J connectivity index is 3.12. The van der Waals surface area contributed by atoms with Gasteiger partial charge in [0, 0.05) is 6.21 Å². The SMILES string of the molecule is CC1=[C]N=CCS1(=O)=O. The lowest BCUT2D eigenvalue weighted by molar-refractivity contribution is 0.605. The molecule has 0 aliphatic carbocycles. The van der Waals surface area contributed by atoms with Crippen LogP contribution in [0.3, 0.4) is 0 Å². The molecule has 4 heteroatoms. The second kappa shape index (κ2) is 1.95. The second-order valence-corrected chi connectivity index (χ2v) is 3.94. The molecule has 1 rings (SSSR count). The van der Waals surface area contributed by atoms with Crippen molar-refractivity contribution in [3.05, 3.63) is 11.1 Å². The van der Waals surface area contributed by atoms with E-state index < -0.39 is 9.84 Å². The molecule has 0 N–H and O–H groups in total. The van der Waals surface area contributed by atoms with Crippen LogP contribution in [0, 0.1) is 6.20 Å². The molecule has 1 heterocycles. The number of sulfone groups is 1. The van der Waals surface area contributed by atoms with E-state index in [2.05, 4.69) is 11.2 Å². The molecular weight excluding hydrogens is 138 g/mol. The summed E-state index contributed by atoms with van der Waals surface area (Å²) >= 11 is 0. The van der Waals surface area contributed by atoms with Crippen molar-refractivity contribution in [2.24, 2.45) is 4.99 Å². The molecule has 0 saturated heterocycles. The standard InChI is InChI=1S/C5H6NO2S/c1-5-4-6-2-3-9(5,7)8/h2H,3H2,1H3. The third kappa shape index (κ3) is 1.18. The average molecular weight is 144 g/mol. The molecule has 0 unspecified atom stereocenters. The van der Waals surface area contributed by atoms with Gasteiger partial charge in [-0.25, -0.2) is 8.42 Å². The molecule has 3 nitrogen and oxygen atoms in total. The molecule has 0 aromatic carbocycles. The number of hydrogen-bond donors (Lipinski definition) is 0. The number of rotatable bonds is 0. The fraction of sp³-hybridized carbons (Fsp3) is 0.400. The minimum absolute atomic E-state index is 0.0197. The zero-order valence-electron chi connectivity index (χ0n) is 4.96. The van der Waals surface area contributed by atoms with Crippen molar-refractivity contribution in [1.29, 1.82) is 0 Å². The maximum atomic E-state index is 10.8. The molecule has 0 saturated carbocycles. The highest BCUT2D eigenvalue weighted by Crippen LogP contribution is 2.07. The van der Waals surface area contributed by atoms with Gasteiger partial charge in [-0.3, -0.25) is 4.99 Å². The lowest BCUT2D eigenvalue weighted by Gasteiger charge is -2.01. The molecule has 0 bridgehead atoms. The fourth-order valence-electron chi connectivity index (χ4n) is 0.466. The Hall–Kier alpha value is -0.640. The van der Waals surface area contributed by atoms with Crippen LogP contribution in [0.5, 0.6) is 0 Å². The van der Waals surface area contributed by atoms with Crippen LogP contribution in [0.2, 0.25) is 0 Å². The van der Waals surface area contributed by atoms with Gasteiger partial charge in [0.25, 0.3) is 0 Å². The second-order valence-electron chi connectivity index (χ2n) is 1.76. The van der Waals surface area contributed by atoms with Crippen LogP contribution in [0.25, 0.3) is 0 Å². The first kappa shape index (κ1) is 6.48. The Morgan fingerprint density at radius 1 is 1.78 bits per heavy atom. The fourth-order valence-corrected chi connectivity index (χ4v) is 1.18. The highest BCUT2D eigenvalue weighted by molar-refractivity contribution is 7.95. The van der Waals surface area contributed by atoms with Crippen molar-refractivity contribution in [2.45, 2.75) is 6.92 Å². The first-order valence-corrected chi connectivity index (χ1v) is 4.12. The molecule has 1 aliphatic heterocycles. The van der Waals surface area contributed by atoms with Gasteiger partial charge in [-0.1, -0.05) is 0 Å². The van der Waals surface area contributed by atoms with Gasteiger partial charge in [-0.15, -0.1) is 0 Å². The van der Waals surface area contributed by atoms with Crippen LogP contribution in [-0.2, 0) is 9.84 Å². The summed E-state index contributed by atoms with van der Waals surface area (Å²) in [6.45, 7) is 1.49. The van der Waals surface area contributed by atoms with E-state index in [0.29, 0.717) is 0 Å². The highest BCUT2D eigenvalue weighted by atomic mass is 32.2. The molecule has 0 aromatic rings. The molecule has 0 atom stereocenters. The molecule has 0 spiro atoms. The Labute approximate surface area is 54.0 Å². The Morgan fingerprint density at radius 2 is 2.44 bits per heavy atom. The number of hydrogen-bond acceptors (Lipinski definition) is 3. The van der Waals surface area contributed by atoms with Gasteiger partial charge >= 0.3 is 0 Å². The average Bonchev–Trinajstić information content (AvgIpc) is 1.77. The summed E-state index contributed by atoms with van der Waals surface area (Å²) in [5.74, 6) is 0.0197. The zero-order chi connectivity index (χ0) is 6.91. The minimum Gasteiger partial charge on any atom is -0.257 e. The predicted octanol–water partition coefficient (Wildman–Crippen LogP) is 0.150. The highest BCUT2D eigenvalue weighted by Gasteiger charge is 2.14. The van der Waals surface area contributed by atoms with Crippen molar-refractivity contribution in [3.8, 4) is 0 Å². The van der Waals surface area contributed by atoms with E-state index >= 15 is 0 Å². The van der Waals surface area contributed by atoms with Crippen molar-refractivity contribution < 1.29 is 8.42 Å². The van der Waals surface area contributed by atoms with E-state index in [1.807, 2.05) is 0 Å². The quantitative estimate of drug-likeness (QED) is 0.486. The monoisotopic (exact) mass is 144 g/mol. The van der Waals surface area contributed by atoms with E-state index in [9.17, 15) is 8.42 Å². The van der Waals surface area contributed by atoms with Crippen molar-refractivity contribution >= 4 is 16.1 Å². The van der Waals surface area contributed by atoms with E-state index in [1.54, 1.807) is 0 Å². The van der Waals surface area contributed by atoms with Crippen molar-refractivity contribution in [1.82, 2.24) is 0 Å². The lowest BCUT2D eigenvalue weighted by atomic mass is 10.7. The molecule has 1 radical (unpaired) electrons.